The number of hydrogen-bond donors (Lipinski definition) is 1. The Morgan fingerprint density at radius 3 is 2.65 bits per heavy atom. The minimum atomic E-state index is -1.86. The fraction of sp³-hybridized carbons (Fsp3) is 0.833. The van der Waals surface area contributed by atoms with Crippen LogP contribution in [0.1, 0.15) is 66.2 Å². The molecule has 5 aliphatic rings. The van der Waals surface area contributed by atoms with Gasteiger partial charge in [0.1, 0.15) is 5.67 Å². The number of ketones is 2. The number of hydrogen-bond acceptors (Lipinski definition) is 5. The van der Waals surface area contributed by atoms with E-state index in [1.54, 1.807) is 19.9 Å². The molecular weight excluding hydrogens is 423 g/mol. The third kappa shape index (κ3) is 2.43. The second kappa shape index (κ2) is 6.40. The lowest BCUT2D eigenvalue weighted by Crippen LogP contribution is -2.70. The molecule has 1 heterocycles. The van der Waals surface area contributed by atoms with Crippen LogP contribution in [0, 0.1) is 22.7 Å². The molecule has 8 atom stereocenters. The molecule has 0 unspecified atom stereocenters. The summed E-state index contributed by atoms with van der Waals surface area (Å²) in [5.74, 6) is -2.02. The van der Waals surface area contributed by atoms with E-state index in [0.717, 1.165) is 5.57 Å². The zero-order valence-corrected chi connectivity index (χ0v) is 19.4. The maximum absolute atomic E-state index is 17.2. The number of ether oxygens (including phenoxy) is 2. The van der Waals surface area contributed by atoms with E-state index >= 15 is 4.39 Å². The predicted molar refractivity (Wildman–Crippen MR) is 112 cm³/mol. The van der Waals surface area contributed by atoms with Gasteiger partial charge in [-0.05, 0) is 57.9 Å². The fourth-order valence-corrected chi connectivity index (χ4v) is 8.47. The molecular formula is C24H32ClFO5. The van der Waals surface area contributed by atoms with E-state index in [2.05, 4.69) is 0 Å². The number of halogens is 2. The van der Waals surface area contributed by atoms with Crippen LogP contribution in [-0.2, 0) is 19.1 Å². The minimum absolute atomic E-state index is 0.0377. The van der Waals surface area contributed by atoms with Crippen LogP contribution in [0.25, 0.3) is 0 Å². The first-order valence-electron chi connectivity index (χ1n) is 11.4. The Labute approximate surface area is 187 Å². The van der Waals surface area contributed by atoms with Gasteiger partial charge in [-0.25, -0.2) is 4.39 Å². The van der Waals surface area contributed by atoms with Crippen LogP contribution in [0.2, 0.25) is 0 Å². The third-order valence-corrected chi connectivity index (χ3v) is 9.81. The van der Waals surface area contributed by atoms with Gasteiger partial charge in [-0.3, -0.25) is 9.59 Å². The topological polar surface area (TPSA) is 72.8 Å². The van der Waals surface area contributed by atoms with Gasteiger partial charge in [0.05, 0.1) is 18.1 Å². The van der Waals surface area contributed by atoms with Gasteiger partial charge in [-0.15, -0.1) is 11.6 Å². The molecule has 5 nitrogen and oxygen atoms in total. The number of rotatable bonds is 2. The highest BCUT2D eigenvalue weighted by molar-refractivity contribution is 6.29. The standard InChI is InChI=1S/C24H32ClFO5/c1-20(2)30-19-10-16-15-6-5-13-9-14(27)7-8-21(13,3)23(15,26)17(28)11-22(16,4)24(19,31-20)18(29)12-25/h9,15-17,19,28H,5-8,10-12H2,1-4H3/t15-,16-,17+,19-,21+,22+,23-,24+/m1/s1. The Bertz CT molecular complexity index is 887. The van der Waals surface area contributed by atoms with Crippen LogP contribution in [0.15, 0.2) is 11.6 Å². The highest BCUT2D eigenvalue weighted by atomic mass is 35.5. The molecule has 4 aliphatic carbocycles. The van der Waals surface area contributed by atoms with Crippen LogP contribution in [0.3, 0.4) is 0 Å². The number of alkyl halides is 2. The van der Waals surface area contributed by atoms with Crippen molar-refractivity contribution in [3.8, 4) is 0 Å². The Morgan fingerprint density at radius 1 is 1.26 bits per heavy atom. The fourth-order valence-electron chi connectivity index (χ4n) is 8.27. The first-order chi connectivity index (χ1) is 14.4. The summed E-state index contributed by atoms with van der Waals surface area (Å²) < 4.78 is 29.7. The van der Waals surface area contributed by atoms with Crippen molar-refractivity contribution in [2.45, 2.75) is 95.5 Å². The first kappa shape index (κ1) is 22.0. The van der Waals surface area contributed by atoms with Crippen molar-refractivity contribution in [3.63, 3.8) is 0 Å². The highest BCUT2D eigenvalue weighted by Crippen LogP contribution is 2.72. The van der Waals surface area contributed by atoms with E-state index in [4.69, 9.17) is 21.1 Å². The average Bonchev–Trinajstić information content (AvgIpc) is 3.09. The molecule has 0 aromatic heterocycles. The van der Waals surface area contributed by atoms with E-state index in [0.29, 0.717) is 32.1 Å². The molecule has 5 rings (SSSR count). The SMILES string of the molecule is CC1(C)O[C@@H]2C[C@@H]3[C@H]4CCC5=CC(=O)CC[C@]5(C)[C@]4(F)[C@@H](O)C[C@]3(C)[C@@]2(C(=O)CCl)O1. The van der Waals surface area contributed by atoms with Crippen LogP contribution < -0.4 is 0 Å². The molecule has 1 N–H and O–H groups in total. The molecule has 0 bridgehead atoms. The Morgan fingerprint density at radius 2 is 1.97 bits per heavy atom. The normalized spacial score (nSPS) is 52.6. The van der Waals surface area contributed by atoms with E-state index in [-0.39, 0.29) is 29.8 Å². The predicted octanol–water partition coefficient (Wildman–Crippen LogP) is 3.89. The van der Waals surface area contributed by atoms with E-state index < -0.39 is 46.0 Å². The van der Waals surface area contributed by atoms with Gasteiger partial charge in [0.25, 0.3) is 0 Å². The second-order valence-corrected chi connectivity index (χ2v) is 11.5. The molecule has 7 heteroatoms. The van der Waals surface area contributed by atoms with Gasteiger partial charge >= 0.3 is 0 Å². The molecule has 4 fully saturated rings. The monoisotopic (exact) mass is 454 g/mol. The largest absolute Gasteiger partial charge is 0.390 e. The van der Waals surface area contributed by atoms with Crippen molar-refractivity contribution in [2.75, 3.05) is 5.88 Å². The van der Waals surface area contributed by atoms with Crippen LogP contribution >= 0.6 is 11.6 Å². The highest BCUT2D eigenvalue weighted by Gasteiger charge is 2.80. The lowest BCUT2D eigenvalue weighted by atomic mass is 9.44. The van der Waals surface area contributed by atoms with Gasteiger partial charge in [0.15, 0.2) is 23.0 Å². The Kier molecular flexibility index (Phi) is 4.54. The Balaban J connectivity index is 1.63. The van der Waals surface area contributed by atoms with Crippen molar-refractivity contribution in [3.05, 3.63) is 11.6 Å². The van der Waals surface area contributed by atoms with Gasteiger partial charge in [-0.1, -0.05) is 19.4 Å². The zero-order chi connectivity index (χ0) is 22.6. The molecule has 0 amide bonds. The van der Waals surface area contributed by atoms with Crippen molar-refractivity contribution < 1.29 is 28.6 Å². The van der Waals surface area contributed by atoms with Gasteiger partial charge in [0.2, 0.25) is 0 Å². The maximum atomic E-state index is 17.2. The number of Topliss-reactive ketones (excluding diaryl/α,β-unsaturated/α-hetero) is 1. The molecule has 0 aromatic carbocycles. The van der Waals surface area contributed by atoms with Gasteiger partial charge < -0.3 is 14.6 Å². The zero-order valence-electron chi connectivity index (χ0n) is 18.7. The number of aliphatic hydroxyl groups excluding tert-OH is 1. The molecule has 31 heavy (non-hydrogen) atoms. The number of allylic oxidation sites excluding steroid dienone is 1. The number of aliphatic hydroxyl groups is 1. The van der Waals surface area contributed by atoms with Crippen molar-refractivity contribution in [1.29, 1.82) is 0 Å². The lowest BCUT2D eigenvalue weighted by Gasteiger charge is -2.63. The van der Waals surface area contributed by atoms with Crippen molar-refractivity contribution in [1.82, 2.24) is 0 Å². The summed E-state index contributed by atoms with van der Waals surface area (Å²) in [7, 11) is 0. The van der Waals surface area contributed by atoms with Gasteiger partial charge in [0, 0.05) is 23.2 Å². The third-order valence-electron chi connectivity index (χ3n) is 9.57. The van der Waals surface area contributed by atoms with Crippen molar-refractivity contribution in [2.24, 2.45) is 22.7 Å². The van der Waals surface area contributed by atoms with Crippen LogP contribution in [0.5, 0.6) is 0 Å². The smallest absolute Gasteiger partial charge is 0.182 e. The Hall–Kier alpha value is -0.820. The summed E-state index contributed by atoms with van der Waals surface area (Å²) >= 11 is 6.05. The quantitative estimate of drug-likeness (QED) is 0.641. The number of fused-ring (bicyclic) bond motifs is 7. The molecule has 1 aliphatic heterocycles. The van der Waals surface area contributed by atoms with E-state index in [1.165, 1.54) is 0 Å². The number of carbonyl (C=O) groups is 2. The van der Waals surface area contributed by atoms with Crippen molar-refractivity contribution >= 4 is 23.2 Å². The number of carbonyl (C=O) groups excluding carboxylic acids is 2. The summed E-state index contributed by atoms with van der Waals surface area (Å²) in [5, 5.41) is 11.4. The van der Waals surface area contributed by atoms with Crippen LogP contribution in [-0.4, -0.2) is 51.8 Å². The molecule has 3 saturated carbocycles. The maximum Gasteiger partial charge on any atom is 0.182 e. The molecule has 0 spiro atoms. The molecule has 1 saturated heterocycles. The van der Waals surface area contributed by atoms with Gasteiger partial charge in [-0.2, -0.15) is 0 Å². The minimum Gasteiger partial charge on any atom is -0.390 e. The lowest BCUT2D eigenvalue weighted by molar-refractivity contribution is -0.250. The summed E-state index contributed by atoms with van der Waals surface area (Å²) in [4.78, 5) is 25.3. The summed E-state index contributed by atoms with van der Waals surface area (Å²) in [5.41, 5.74) is -4.00. The van der Waals surface area contributed by atoms with E-state index in [9.17, 15) is 14.7 Å². The molecule has 0 aromatic rings. The first-order valence-corrected chi connectivity index (χ1v) is 12.0. The van der Waals surface area contributed by atoms with E-state index in [1.807, 2.05) is 13.8 Å². The van der Waals surface area contributed by atoms with Crippen LogP contribution in [0.4, 0.5) is 4.39 Å². The summed E-state index contributed by atoms with van der Waals surface area (Å²) in [6, 6.07) is 0. The summed E-state index contributed by atoms with van der Waals surface area (Å²) in [6.07, 6.45) is 2.28. The average molecular weight is 455 g/mol. The molecule has 172 valence electrons. The second-order valence-electron chi connectivity index (χ2n) is 11.3. The summed E-state index contributed by atoms with van der Waals surface area (Å²) in [6.45, 7) is 7.38. The molecule has 0 radical (unpaired) electrons.